The zero-order valence-electron chi connectivity index (χ0n) is 11.4. The fourth-order valence-electron chi connectivity index (χ4n) is 2.19. The smallest absolute Gasteiger partial charge is 0.218 e. The highest BCUT2D eigenvalue weighted by Gasteiger charge is 2.12. The number of halogens is 1. The Hall–Kier alpha value is -2.47. The normalized spacial score (nSPS) is 11.6. The lowest BCUT2D eigenvalue weighted by atomic mass is 10.1. The molecule has 0 bridgehead atoms. The molecule has 0 saturated heterocycles. The molecule has 0 atom stereocenters. The predicted molar refractivity (Wildman–Crippen MR) is 80.7 cm³/mol. The minimum atomic E-state index is -0.0237. The van der Waals surface area contributed by atoms with Crippen molar-refractivity contribution in [3.63, 3.8) is 0 Å². The molecule has 7 heteroatoms. The maximum absolute atomic E-state index is 10.0. The Balaban J connectivity index is 2.08. The first-order valence-electron chi connectivity index (χ1n) is 6.27. The molecule has 6 nitrogen and oxygen atoms in total. The number of fused-ring (bicyclic) bond motifs is 1. The van der Waals surface area contributed by atoms with Crippen LogP contribution in [0.25, 0.3) is 10.9 Å². The molecular formula is C14H12ClN5O. The molecule has 0 spiro atoms. The fraction of sp³-hybridized carbons (Fsp3) is 0.143. The molecular weight excluding hydrogens is 290 g/mol. The maximum Gasteiger partial charge on any atom is 0.218 e. The molecule has 0 unspecified atom stereocenters. The average molecular weight is 302 g/mol. The number of nitrogens with zero attached hydrogens (tertiary/aromatic N) is 4. The van der Waals surface area contributed by atoms with E-state index >= 15 is 0 Å². The highest BCUT2D eigenvalue weighted by Crippen LogP contribution is 2.37. The van der Waals surface area contributed by atoms with E-state index in [1.54, 1.807) is 12.1 Å². The monoisotopic (exact) mass is 301 g/mol. The number of aromatic hydroxyl groups is 1. The summed E-state index contributed by atoms with van der Waals surface area (Å²) in [6.07, 6.45) is 0. The Morgan fingerprint density at radius 1 is 1.14 bits per heavy atom. The number of nitrogens with one attached hydrogen (secondary N) is 1. The van der Waals surface area contributed by atoms with Gasteiger partial charge in [-0.05, 0) is 37.6 Å². The van der Waals surface area contributed by atoms with Crippen LogP contribution in [0.1, 0.15) is 11.1 Å². The number of aromatic amines is 1. The van der Waals surface area contributed by atoms with E-state index < -0.39 is 0 Å². The molecule has 0 aliphatic rings. The van der Waals surface area contributed by atoms with Gasteiger partial charge >= 0.3 is 0 Å². The molecule has 3 aromatic rings. The van der Waals surface area contributed by atoms with Gasteiger partial charge in [0.05, 0.1) is 5.52 Å². The van der Waals surface area contributed by atoms with Crippen LogP contribution in [0.2, 0.25) is 5.15 Å². The first-order valence-corrected chi connectivity index (χ1v) is 6.65. The number of hydrogen-bond donors (Lipinski definition) is 2. The number of benzene rings is 1. The van der Waals surface area contributed by atoms with Gasteiger partial charge in [0.25, 0.3) is 0 Å². The third-order valence-corrected chi connectivity index (χ3v) is 3.27. The highest BCUT2D eigenvalue weighted by atomic mass is 35.5. The van der Waals surface area contributed by atoms with Crippen LogP contribution < -0.4 is 0 Å². The van der Waals surface area contributed by atoms with E-state index in [9.17, 15) is 5.11 Å². The minimum absolute atomic E-state index is 0.0237. The zero-order chi connectivity index (χ0) is 15.0. The molecule has 2 N–H and O–H groups in total. The summed E-state index contributed by atoms with van der Waals surface area (Å²) in [7, 11) is 0. The lowest BCUT2D eigenvalue weighted by Gasteiger charge is -1.98. The molecule has 3 rings (SSSR count). The lowest BCUT2D eigenvalue weighted by molar-refractivity contribution is 0.459. The van der Waals surface area contributed by atoms with Gasteiger partial charge in [0.1, 0.15) is 0 Å². The van der Waals surface area contributed by atoms with Crippen LogP contribution in [0, 0.1) is 13.8 Å². The van der Waals surface area contributed by atoms with Crippen LogP contribution in [0.4, 0.5) is 11.5 Å². The topological polar surface area (TPSA) is 86.5 Å². The second kappa shape index (κ2) is 5.14. The molecule has 106 valence electrons. The van der Waals surface area contributed by atoms with Crippen molar-refractivity contribution in [3.8, 4) is 5.88 Å². The van der Waals surface area contributed by atoms with Crippen LogP contribution in [0.15, 0.2) is 34.5 Å². The first kappa shape index (κ1) is 13.5. The van der Waals surface area contributed by atoms with Gasteiger partial charge in [-0.1, -0.05) is 23.2 Å². The first-order chi connectivity index (χ1) is 10.0. The van der Waals surface area contributed by atoms with Gasteiger partial charge in [0.15, 0.2) is 16.7 Å². The van der Waals surface area contributed by atoms with E-state index in [0.29, 0.717) is 11.5 Å². The van der Waals surface area contributed by atoms with Crippen molar-refractivity contribution in [2.45, 2.75) is 13.8 Å². The summed E-state index contributed by atoms with van der Waals surface area (Å²) in [5.74, 6) is 0.293. The number of hydrogen-bond acceptors (Lipinski definition) is 5. The Morgan fingerprint density at radius 2 is 1.95 bits per heavy atom. The van der Waals surface area contributed by atoms with E-state index in [0.717, 1.165) is 22.0 Å². The minimum Gasteiger partial charge on any atom is -0.493 e. The standard InChI is InChI=1S/C14H12ClN5O/c1-7-5-8(2)12-9(6-7)13(14(21)16-12)20-19-11-4-3-10(15)17-18-11/h3-6,16,21H,1-2H3. The Morgan fingerprint density at radius 3 is 2.67 bits per heavy atom. The van der Waals surface area contributed by atoms with Crippen LogP contribution in [-0.4, -0.2) is 20.3 Å². The molecule has 0 amide bonds. The van der Waals surface area contributed by atoms with Gasteiger partial charge in [-0.3, -0.25) is 0 Å². The van der Waals surface area contributed by atoms with Crippen molar-refractivity contribution in [2.75, 3.05) is 0 Å². The van der Waals surface area contributed by atoms with E-state index in [1.807, 2.05) is 26.0 Å². The maximum atomic E-state index is 10.0. The van der Waals surface area contributed by atoms with Gasteiger partial charge in [-0.15, -0.1) is 20.4 Å². The van der Waals surface area contributed by atoms with Crippen molar-refractivity contribution in [1.82, 2.24) is 15.2 Å². The zero-order valence-corrected chi connectivity index (χ0v) is 12.2. The number of aryl methyl sites for hydroxylation is 2. The van der Waals surface area contributed by atoms with Crippen LogP contribution in [0.5, 0.6) is 5.88 Å². The second-order valence-corrected chi connectivity index (χ2v) is 5.13. The number of H-pyrrole nitrogens is 1. The summed E-state index contributed by atoms with van der Waals surface area (Å²) in [4.78, 5) is 2.91. The van der Waals surface area contributed by atoms with E-state index in [1.165, 1.54) is 0 Å². The van der Waals surface area contributed by atoms with Crippen LogP contribution >= 0.6 is 11.6 Å². The molecule has 1 aromatic carbocycles. The number of rotatable bonds is 2. The van der Waals surface area contributed by atoms with Gasteiger partial charge < -0.3 is 10.1 Å². The molecule has 0 aliphatic heterocycles. The van der Waals surface area contributed by atoms with Crippen molar-refractivity contribution in [2.24, 2.45) is 10.2 Å². The van der Waals surface area contributed by atoms with Crippen molar-refractivity contribution < 1.29 is 5.11 Å². The molecule has 2 aromatic heterocycles. The quantitative estimate of drug-likeness (QED) is 0.690. The Kier molecular flexibility index (Phi) is 3.31. The molecule has 0 radical (unpaired) electrons. The van der Waals surface area contributed by atoms with Crippen molar-refractivity contribution in [3.05, 3.63) is 40.5 Å². The summed E-state index contributed by atoms with van der Waals surface area (Å²) in [5, 5.41) is 26.6. The Labute approximate surface area is 125 Å². The molecule has 21 heavy (non-hydrogen) atoms. The number of azo groups is 1. The predicted octanol–water partition coefficient (Wildman–Crippen LogP) is 4.35. The third-order valence-electron chi connectivity index (χ3n) is 3.07. The van der Waals surface area contributed by atoms with Crippen LogP contribution in [-0.2, 0) is 0 Å². The second-order valence-electron chi connectivity index (χ2n) is 4.74. The fourth-order valence-corrected chi connectivity index (χ4v) is 2.29. The van der Waals surface area contributed by atoms with Crippen LogP contribution in [0.3, 0.4) is 0 Å². The highest BCUT2D eigenvalue weighted by molar-refractivity contribution is 6.29. The summed E-state index contributed by atoms with van der Waals surface area (Å²) >= 11 is 5.66. The third kappa shape index (κ3) is 2.57. The van der Waals surface area contributed by atoms with Crippen molar-refractivity contribution in [1.29, 1.82) is 0 Å². The molecule has 0 aliphatic carbocycles. The lowest BCUT2D eigenvalue weighted by Crippen LogP contribution is -1.79. The Bertz CT molecular complexity index is 839. The molecule has 2 heterocycles. The van der Waals surface area contributed by atoms with Crippen molar-refractivity contribution >= 4 is 34.0 Å². The number of aromatic nitrogens is 3. The van der Waals surface area contributed by atoms with Gasteiger partial charge in [-0.25, -0.2) is 0 Å². The summed E-state index contributed by atoms with van der Waals surface area (Å²) < 4.78 is 0. The molecule has 0 fully saturated rings. The summed E-state index contributed by atoms with van der Waals surface area (Å²) in [6, 6.07) is 7.15. The molecule has 0 saturated carbocycles. The average Bonchev–Trinajstić information content (AvgIpc) is 2.75. The largest absolute Gasteiger partial charge is 0.493 e. The van der Waals surface area contributed by atoms with E-state index in [2.05, 4.69) is 25.4 Å². The SMILES string of the molecule is Cc1cc(C)c2[nH]c(O)c(N=Nc3ccc(Cl)nn3)c2c1. The van der Waals surface area contributed by atoms with E-state index in [4.69, 9.17) is 11.6 Å². The van der Waals surface area contributed by atoms with Gasteiger partial charge in [0.2, 0.25) is 5.88 Å². The van der Waals surface area contributed by atoms with E-state index in [-0.39, 0.29) is 11.0 Å². The summed E-state index contributed by atoms with van der Waals surface area (Å²) in [5.41, 5.74) is 3.34. The van der Waals surface area contributed by atoms with Gasteiger partial charge in [-0.2, -0.15) is 0 Å². The van der Waals surface area contributed by atoms with Gasteiger partial charge in [0, 0.05) is 5.39 Å². The summed E-state index contributed by atoms with van der Waals surface area (Å²) in [6.45, 7) is 3.96.